The highest BCUT2D eigenvalue weighted by Crippen LogP contribution is 2.14. The molecule has 7 heteroatoms. The van der Waals surface area contributed by atoms with E-state index in [9.17, 15) is 0 Å². The normalized spacial score (nSPS) is 12.2. The van der Waals surface area contributed by atoms with Crippen LogP contribution in [0.1, 0.15) is 18.8 Å². The van der Waals surface area contributed by atoms with E-state index in [1.807, 2.05) is 32.0 Å². The minimum atomic E-state index is 0.0161. The van der Waals surface area contributed by atoms with Crippen molar-refractivity contribution in [2.24, 2.45) is 0 Å². The number of nitrogens with one attached hydrogen (secondary N) is 2. The van der Waals surface area contributed by atoms with Crippen LogP contribution in [0, 0.1) is 0 Å². The van der Waals surface area contributed by atoms with Gasteiger partial charge in [-0.2, -0.15) is 10.1 Å². The first kappa shape index (κ1) is 11.3. The maximum atomic E-state index is 4.36. The predicted octanol–water partition coefficient (Wildman–Crippen LogP) is 0.834. The van der Waals surface area contributed by atoms with Crippen molar-refractivity contribution in [1.82, 2.24) is 25.1 Å². The van der Waals surface area contributed by atoms with E-state index in [0.717, 1.165) is 11.6 Å². The van der Waals surface area contributed by atoms with E-state index in [4.69, 9.17) is 0 Å². The first-order valence-electron chi connectivity index (χ1n) is 5.29. The average Bonchev–Trinajstić information content (AvgIpc) is 2.82. The number of nitrogens with zero attached hydrogens (tertiary/aromatic N) is 5. The molecule has 0 spiro atoms. The van der Waals surface area contributed by atoms with Crippen molar-refractivity contribution in [3.63, 3.8) is 0 Å². The topological polar surface area (TPSA) is 82.6 Å². The van der Waals surface area contributed by atoms with Gasteiger partial charge in [0.05, 0.1) is 6.04 Å². The first-order valence-corrected chi connectivity index (χ1v) is 5.29. The lowest BCUT2D eigenvalue weighted by molar-refractivity contribution is 0.788. The van der Waals surface area contributed by atoms with E-state index in [0.29, 0.717) is 5.95 Å². The quantitative estimate of drug-likeness (QED) is 0.814. The number of aromatic amines is 1. The molecular weight excluding hydrogens is 218 g/mol. The van der Waals surface area contributed by atoms with Gasteiger partial charge in [-0.05, 0) is 13.0 Å². The van der Waals surface area contributed by atoms with Gasteiger partial charge < -0.3 is 10.2 Å². The Hall–Kier alpha value is -2.18. The summed E-state index contributed by atoms with van der Waals surface area (Å²) >= 11 is 0. The van der Waals surface area contributed by atoms with Crippen molar-refractivity contribution >= 4 is 11.8 Å². The van der Waals surface area contributed by atoms with Crippen LogP contribution in [-0.4, -0.2) is 39.2 Å². The van der Waals surface area contributed by atoms with Crippen LogP contribution in [0.5, 0.6) is 0 Å². The monoisotopic (exact) mass is 233 g/mol. The molecule has 2 N–H and O–H groups in total. The van der Waals surface area contributed by atoms with Crippen LogP contribution < -0.4 is 10.2 Å². The van der Waals surface area contributed by atoms with Crippen LogP contribution in [-0.2, 0) is 0 Å². The Balaban J connectivity index is 2.11. The van der Waals surface area contributed by atoms with E-state index in [-0.39, 0.29) is 6.04 Å². The SMILES string of the molecule is CC(Nc1ccnc(N(C)C)n1)c1ncn[nH]1. The summed E-state index contributed by atoms with van der Waals surface area (Å²) in [5.41, 5.74) is 0. The number of hydrogen-bond acceptors (Lipinski definition) is 6. The van der Waals surface area contributed by atoms with Gasteiger partial charge in [0.1, 0.15) is 18.0 Å². The van der Waals surface area contributed by atoms with Crippen molar-refractivity contribution in [1.29, 1.82) is 0 Å². The van der Waals surface area contributed by atoms with Gasteiger partial charge in [-0.3, -0.25) is 5.10 Å². The van der Waals surface area contributed by atoms with Gasteiger partial charge >= 0.3 is 0 Å². The van der Waals surface area contributed by atoms with Gasteiger partial charge in [0.15, 0.2) is 0 Å². The summed E-state index contributed by atoms with van der Waals surface area (Å²) in [5.74, 6) is 2.20. The standard InChI is InChI=1S/C10H15N7/c1-7(9-12-6-13-16-9)14-8-4-5-11-10(15-8)17(2)3/h4-7H,1-3H3,(H,11,14,15)(H,12,13,16). The Labute approximate surface area is 99.3 Å². The lowest BCUT2D eigenvalue weighted by atomic mass is 10.3. The number of rotatable bonds is 4. The lowest BCUT2D eigenvalue weighted by Crippen LogP contribution is -2.15. The molecule has 90 valence electrons. The molecular formula is C10H15N7. The number of hydrogen-bond donors (Lipinski definition) is 2. The van der Waals surface area contributed by atoms with E-state index >= 15 is 0 Å². The molecule has 17 heavy (non-hydrogen) atoms. The molecule has 0 saturated carbocycles. The zero-order chi connectivity index (χ0) is 12.3. The zero-order valence-electron chi connectivity index (χ0n) is 10.0. The van der Waals surface area contributed by atoms with E-state index in [1.54, 1.807) is 6.20 Å². The number of anilines is 2. The molecule has 0 saturated heterocycles. The summed E-state index contributed by atoms with van der Waals surface area (Å²) in [7, 11) is 3.80. The minimum absolute atomic E-state index is 0.0161. The van der Waals surface area contributed by atoms with Crippen LogP contribution >= 0.6 is 0 Å². The van der Waals surface area contributed by atoms with Gasteiger partial charge in [-0.25, -0.2) is 9.97 Å². The van der Waals surface area contributed by atoms with Gasteiger partial charge in [0.2, 0.25) is 5.95 Å². The molecule has 0 bridgehead atoms. The molecule has 2 rings (SSSR count). The highest BCUT2D eigenvalue weighted by atomic mass is 15.2. The first-order chi connectivity index (χ1) is 8.16. The van der Waals surface area contributed by atoms with Crippen molar-refractivity contribution in [3.05, 3.63) is 24.4 Å². The molecule has 2 aromatic heterocycles. The molecule has 1 atom stereocenters. The fourth-order valence-electron chi connectivity index (χ4n) is 1.36. The van der Waals surface area contributed by atoms with Gasteiger partial charge in [-0.1, -0.05) is 0 Å². The van der Waals surface area contributed by atoms with Crippen LogP contribution in [0.3, 0.4) is 0 Å². The summed E-state index contributed by atoms with van der Waals surface area (Å²) in [6.07, 6.45) is 3.20. The molecule has 0 aliphatic carbocycles. The summed E-state index contributed by atoms with van der Waals surface area (Å²) < 4.78 is 0. The van der Waals surface area contributed by atoms with Crippen LogP contribution in [0.25, 0.3) is 0 Å². The van der Waals surface area contributed by atoms with Gasteiger partial charge in [0, 0.05) is 20.3 Å². The lowest BCUT2D eigenvalue weighted by Gasteiger charge is -2.14. The van der Waals surface area contributed by atoms with Crippen molar-refractivity contribution in [2.75, 3.05) is 24.3 Å². The van der Waals surface area contributed by atoms with E-state index in [1.165, 1.54) is 6.33 Å². The highest BCUT2D eigenvalue weighted by Gasteiger charge is 2.09. The number of H-pyrrole nitrogens is 1. The summed E-state index contributed by atoms with van der Waals surface area (Å²) in [6, 6.07) is 1.84. The molecule has 7 nitrogen and oxygen atoms in total. The van der Waals surface area contributed by atoms with Crippen molar-refractivity contribution in [3.8, 4) is 0 Å². The molecule has 0 aliphatic heterocycles. The largest absolute Gasteiger partial charge is 0.360 e. The maximum absolute atomic E-state index is 4.36. The molecule has 1 unspecified atom stereocenters. The van der Waals surface area contributed by atoms with Gasteiger partial charge in [-0.15, -0.1) is 0 Å². The van der Waals surface area contributed by atoms with Gasteiger partial charge in [0.25, 0.3) is 0 Å². The Morgan fingerprint density at radius 2 is 2.18 bits per heavy atom. The molecule has 0 aliphatic rings. The molecule has 0 fully saturated rings. The van der Waals surface area contributed by atoms with Crippen LogP contribution in [0.4, 0.5) is 11.8 Å². The van der Waals surface area contributed by atoms with E-state index in [2.05, 4.69) is 30.5 Å². The van der Waals surface area contributed by atoms with Crippen LogP contribution in [0.15, 0.2) is 18.6 Å². The third-order valence-electron chi connectivity index (χ3n) is 2.25. The Morgan fingerprint density at radius 3 is 2.82 bits per heavy atom. The molecule has 0 radical (unpaired) electrons. The summed E-state index contributed by atoms with van der Waals surface area (Å²) in [5, 5.41) is 9.86. The second-order valence-electron chi connectivity index (χ2n) is 3.87. The minimum Gasteiger partial charge on any atom is -0.360 e. The predicted molar refractivity (Wildman–Crippen MR) is 64.8 cm³/mol. The summed E-state index contributed by atoms with van der Waals surface area (Å²) in [4.78, 5) is 14.5. The fraction of sp³-hybridized carbons (Fsp3) is 0.400. The average molecular weight is 233 g/mol. The molecule has 2 aromatic rings. The number of aromatic nitrogens is 5. The summed E-state index contributed by atoms with van der Waals surface area (Å²) in [6.45, 7) is 1.98. The van der Waals surface area contributed by atoms with Crippen molar-refractivity contribution in [2.45, 2.75) is 13.0 Å². The Kier molecular flexibility index (Phi) is 3.17. The smallest absolute Gasteiger partial charge is 0.226 e. The Bertz CT molecular complexity index is 465. The second kappa shape index (κ2) is 4.77. The fourth-order valence-corrected chi connectivity index (χ4v) is 1.36. The van der Waals surface area contributed by atoms with Crippen LogP contribution in [0.2, 0.25) is 0 Å². The molecule has 0 aromatic carbocycles. The molecule has 2 heterocycles. The maximum Gasteiger partial charge on any atom is 0.226 e. The molecule has 0 amide bonds. The second-order valence-corrected chi connectivity index (χ2v) is 3.87. The van der Waals surface area contributed by atoms with Crippen molar-refractivity contribution < 1.29 is 0 Å². The van der Waals surface area contributed by atoms with E-state index < -0.39 is 0 Å². The highest BCUT2D eigenvalue weighted by molar-refractivity contribution is 5.41. The zero-order valence-corrected chi connectivity index (χ0v) is 10.0. The third kappa shape index (κ3) is 2.68. The third-order valence-corrected chi connectivity index (χ3v) is 2.25. The Morgan fingerprint density at radius 1 is 1.35 bits per heavy atom.